The van der Waals surface area contributed by atoms with Crippen molar-refractivity contribution in [2.24, 2.45) is 16.5 Å². The number of primary sulfonamides is 1. The van der Waals surface area contributed by atoms with E-state index in [2.05, 4.69) is 19.2 Å². The summed E-state index contributed by atoms with van der Waals surface area (Å²) in [7, 11) is -3.73. The summed E-state index contributed by atoms with van der Waals surface area (Å²) >= 11 is 0. The van der Waals surface area contributed by atoms with Gasteiger partial charge < -0.3 is 9.73 Å². The van der Waals surface area contributed by atoms with Gasteiger partial charge in [-0.25, -0.2) is 13.6 Å². The Kier molecular flexibility index (Phi) is 3.53. The number of sulfonamides is 1. The topological polar surface area (TPSA) is 85.3 Å². The summed E-state index contributed by atoms with van der Waals surface area (Å²) in [5.41, 5.74) is 0.426. The molecule has 0 amide bonds. The minimum Gasteiger partial charge on any atom is -0.447 e. The number of hydrogen-bond acceptors (Lipinski definition) is 4. The maximum atomic E-state index is 11.0. The van der Waals surface area contributed by atoms with E-state index < -0.39 is 10.0 Å². The van der Waals surface area contributed by atoms with Crippen molar-refractivity contribution >= 4 is 10.0 Å². The van der Waals surface area contributed by atoms with Crippen LogP contribution in [0.1, 0.15) is 32.4 Å². The number of furan rings is 1. The molecule has 0 aromatic carbocycles. The summed E-state index contributed by atoms with van der Waals surface area (Å²) in [6, 6.07) is 3.03. The molecule has 1 fully saturated rings. The lowest BCUT2D eigenvalue weighted by atomic mass is 9.92. The molecule has 0 bridgehead atoms. The Morgan fingerprint density at radius 3 is 2.56 bits per heavy atom. The SMILES string of the molecule is CC(C)C1(CNCc2ccc(S(N)(=O)=O)o2)CC1. The molecule has 6 heteroatoms. The van der Waals surface area contributed by atoms with Crippen molar-refractivity contribution in [3.05, 3.63) is 17.9 Å². The fourth-order valence-corrected chi connectivity index (χ4v) is 2.64. The third-order valence-electron chi connectivity index (χ3n) is 3.81. The average Bonchev–Trinajstić information content (AvgIpc) is 2.87. The zero-order valence-corrected chi connectivity index (χ0v) is 11.6. The minimum absolute atomic E-state index is 0.177. The first-order chi connectivity index (χ1) is 8.33. The quantitative estimate of drug-likeness (QED) is 0.821. The van der Waals surface area contributed by atoms with Crippen LogP contribution < -0.4 is 10.5 Å². The van der Waals surface area contributed by atoms with Gasteiger partial charge in [-0.1, -0.05) is 13.8 Å². The number of hydrogen-bond donors (Lipinski definition) is 2. The van der Waals surface area contributed by atoms with Crippen LogP contribution in [-0.2, 0) is 16.6 Å². The van der Waals surface area contributed by atoms with Crippen molar-refractivity contribution in [2.45, 2.75) is 38.3 Å². The van der Waals surface area contributed by atoms with E-state index in [1.807, 2.05) is 0 Å². The molecule has 0 spiro atoms. The van der Waals surface area contributed by atoms with Crippen LogP contribution in [0.5, 0.6) is 0 Å². The Hall–Kier alpha value is -0.850. The van der Waals surface area contributed by atoms with Gasteiger partial charge in [-0.3, -0.25) is 0 Å². The highest BCUT2D eigenvalue weighted by atomic mass is 32.2. The lowest BCUT2D eigenvalue weighted by molar-refractivity contribution is 0.326. The Morgan fingerprint density at radius 2 is 2.11 bits per heavy atom. The van der Waals surface area contributed by atoms with E-state index in [-0.39, 0.29) is 5.09 Å². The average molecular weight is 272 g/mol. The van der Waals surface area contributed by atoms with Crippen LogP contribution >= 0.6 is 0 Å². The maximum Gasteiger partial charge on any atom is 0.271 e. The third-order valence-corrected chi connectivity index (χ3v) is 4.59. The molecule has 1 aliphatic rings. The smallest absolute Gasteiger partial charge is 0.271 e. The highest BCUT2D eigenvalue weighted by Gasteiger charge is 2.44. The lowest BCUT2D eigenvalue weighted by Crippen LogP contribution is -2.27. The Morgan fingerprint density at radius 1 is 1.44 bits per heavy atom. The molecule has 3 N–H and O–H groups in total. The molecular formula is C12H20N2O3S. The zero-order valence-electron chi connectivity index (χ0n) is 10.8. The first-order valence-corrected chi connectivity index (χ1v) is 7.70. The molecule has 1 heterocycles. The molecule has 18 heavy (non-hydrogen) atoms. The number of nitrogens with one attached hydrogen (secondary N) is 1. The molecule has 2 rings (SSSR count). The predicted octanol–water partition coefficient (Wildman–Crippen LogP) is 1.45. The molecule has 0 unspecified atom stereocenters. The largest absolute Gasteiger partial charge is 0.447 e. The van der Waals surface area contributed by atoms with Gasteiger partial charge in [0.2, 0.25) is 5.09 Å². The van der Waals surface area contributed by atoms with Gasteiger partial charge in [-0.2, -0.15) is 0 Å². The zero-order chi connectivity index (χ0) is 13.4. The van der Waals surface area contributed by atoms with Gasteiger partial charge in [0.25, 0.3) is 10.0 Å². The van der Waals surface area contributed by atoms with Crippen molar-refractivity contribution in [3.63, 3.8) is 0 Å². The third kappa shape index (κ3) is 2.93. The molecule has 0 saturated heterocycles. The fraction of sp³-hybridized carbons (Fsp3) is 0.667. The van der Waals surface area contributed by atoms with Gasteiger partial charge in [0.15, 0.2) is 0 Å². The molecule has 102 valence electrons. The van der Waals surface area contributed by atoms with Crippen LogP contribution in [0.2, 0.25) is 0 Å². The molecule has 0 aliphatic heterocycles. The lowest BCUT2D eigenvalue weighted by Gasteiger charge is -2.19. The summed E-state index contributed by atoms with van der Waals surface area (Å²) in [4.78, 5) is 0. The van der Waals surface area contributed by atoms with Crippen LogP contribution in [0, 0.1) is 11.3 Å². The van der Waals surface area contributed by atoms with Gasteiger partial charge in [0, 0.05) is 6.54 Å². The highest BCUT2D eigenvalue weighted by Crippen LogP contribution is 2.51. The van der Waals surface area contributed by atoms with Crippen molar-refractivity contribution in [1.29, 1.82) is 0 Å². The molecule has 1 aliphatic carbocycles. The van der Waals surface area contributed by atoms with Crippen LogP contribution in [0.25, 0.3) is 0 Å². The van der Waals surface area contributed by atoms with E-state index in [0.29, 0.717) is 23.6 Å². The van der Waals surface area contributed by atoms with E-state index in [9.17, 15) is 8.42 Å². The summed E-state index contributed by atoms with van der Waals surface area (Å²) in [5, 5.41) is 8.12. The predicted molar refractivity (Wildman–Crippen MR) is 68.3 cm³/mol. The Balaban J connectivity index is 1.86. The summed E-state index contributed by atoms with van der Waals surface area (Å²) in [5.74, 6) is 1.26. The highest BCUT2D eigenvalue weighted by molar-refractivity contribution is 7.89. The van der Waals surface area contributed by atoms with E-state index in [4.69, 9.17) is 9.56 Å². The standard InChI is InChI=1S/C12H20N2O3S/c1-9(2)12(5-6-12)8-14-7-10-3-4-11(17-10)18(13,15)16/h3-4,9,14H,5-8H2,1-2H3,(H2,13,15,16). The fourth-order valence-electron chi connectivity index (χ4n) is 2.16. The van der Waals surface area contributed by atoms with Crippen molar-refractivity contribution in [1.82, 2.24) is 5.32 Å². The van der Waals surface area contributed by atoms with Gasteiger partial charge in [-0.05, 0) is 36.3 Å². The van der Waals surface area contributed by atoms with Crippen molar-refractivity contribution in [3.8, 4) is 0 Å². The van der Waals surface area contributed by atoms with Gasteiger partial charge in [0.1, 0.15) is 5.76 Å². The van der Waals surface area contributed by atoms with Crippen LogP contribution in [0.15, 0.2) is 21.6 Å². The number of nitrogens with two attached hydrogens (primary N) is 1. The van der Waals surface area contributed by atoms with Gasteiger partial charge >= 0.3 is 0 Å². The van der Waals surface area contributed by atoms with E-state index in [1.165, 1.54) is 18.9 Å². The van der Waals surface area contributed by atoms with Crippen molar-refractivity contribution < 1.29 is 12.8 Å². The molecule has 1 saturated carbocycles. The van der Waals surface area contributed by atoms with Crippen LogP contribution in [-0.4, -0.2) is 15.0 Å². The summed E-state index contributed by atoms with van der Waals surface area (Å²) in [6.07, 6.45) is 2.52. The molecule has 0 atom stereocenters. The first kappa shape index (κ1) is 13.6. The Bertz CT molecular complexity index is 515. The summed E-state index contributed by atoms with van der Waals surface area (Å²) in [6.45, 7) is 5.95. The molecule has 0 radical (unpaired) electrons. The number of rotatable bonds is 6. The van der Waals surface area contributed by atoms with E-state index in [1.54, 1.807) is 6.07 Å². The van der Waals surface area contributed by atoms with Gasteiger partial charge in [0.05, 0.1) is 6.54 Å². The van der Waals surface area contributed by atoms with Crippen LogP contribution in [0.4, 0.5) is 0 Å². The van der Waals surface area contributed by atoms with E-state index in [0.717, 1.165) is 6.54 Å². The van der Waals surface area contributed by atoms with E-state index >= 15 is 0 Å². The van der Waals surface area contributed by atoms with Crippen LogP contribution in [0.3, 0.4) is 0 Å². The maximum absolute atomic E-state index is 11.0. The monoisotopic (exact) mass is 272 g/mol. The van der Waals surface area contributed by atoms with Gasteiger partial charge in [-0.15, -0.1) is 0 Å². The molecule has 1 aromatic rings. The first-order valence-electron chi connectivity index (χ1n) is 6.16. The molecular weight excluding hydrogens is 252 g/mol. The second-order valence-corrected chi connectivity index (χ2v) is 6.88. The second kappa shape index (κ2) is 4.68. The molecule has 5 nitrogen and oxygen atoms in total. The minimum atomic E-state index is -3.73. The summed E-state index contributed by atoms with van der Waals surface area (Å²) < 4.78 is 27.3. The second-order valence-electron chi connectivity index (χ2n) is 5.39. The molecule has 1 aromatic heterocycles. The van der Waals surface area contributed by atoms with Crippen molar-refractivity contribution in [2.75, 3.05) is 6.54 Å². The Labute approximate surface area is 108 Å². The normalized spacial score (nSPS) is 18.2.